The third-order valence-corrected chi connectivity index (χ3v) is 4.07. The van der Waals surface area contributed by atoms with E-state index in [-0.39, 0.29) is 0 Å². The number of aryl methyl sites for hydroxylation is 2. The SMILES string of the molecule is Cc1nn(C)c2ncc(CNC(C)C3CCCO3)cc12. The highest BCUT2D eigenvalue weighted by Gasteiger charge is 2.21. The minimum Gasteiger partial charge on any atom is -0.377 e. The highest BCUT2D eigenvalue weighted by molar-refractivity contribution is 5.78. The Hall–Kier alpha value is -1.46. The van der Waals surface area contributed by atoms with Crippen molar-refractivity contribution in [3.63, 3.8) is 0 Å². The highest BCUT2D eigenvalue weighted by atomic mass is 16.5. The molecule has 0 aromatic carbocycles. The van der Waals surface area contributed by atoms with E-state index in [0.717, 1.165) is 36.3 Å². The third kappa shape index (κ3) is 2.55. The van der Waals surface area contributed by atoms with Gasteiger partial charge >= 0.3 is 0 Å². The van der Waals surface area contributed by atoms with Gasteiger partial charge in [-0.25, -0.2) is 4.98 Å². The van der Waals surface area contributed by atoms with Crippen molar-refractivity contribution in [2.45, 2.75) is 45.4 Å². The van der Waals surface area contributed by atoms with Crippen molar-refractivity contribution < 1.29 is 4.74 Å². The molecule has 0 bridgehead atoms. The van der Waals surface area contributed by atoms with Crippen LogP contribution in [0.1, 0.15) is 31.0 Å². The summed E-state index contributed by atoms with van der Waals surface area (Å²) in [6.07, 6.45) is 4.62. The number of aromatic nitrogens is 3. The van der Waals surface area contributed by atoms with Crippen molar-refractivity contribution in [2.24, 2.45) is 7.05 Å². The highest BCUT2D eigenvalue weighted by Crippen LogP contribution is 2.18. The first-order valence-corrected chi connectivity index (χ1v) is 7.28. The summed E-state index contributed by atoms with van der Waals surface area (Å²) in [6.45, 7) is 5.94. The molecule has 0 aliphatic carbocycles. The topological polar surface area (TPSA) is 52.0 Å². The lowest BCUT2D eigenvalue weighted by Gasteiger charge is -2.20. The molecule has 3 heterocycles. The fourth-order valence-electron chi connectivity index (χ4n) is 2.86. The van der Waals surface area contributed by atoms with Gasteiger partial charge < -0.3 is 10.1 Å². The Labute approximate surface area is 119 Å². The molecule has 108 valence electrons. The maximum atomic E-state index is 5.70. The van der Waals surface area contributed by atoms with Crippen molar-refractivity contribution in [3.05, 3.63) is 23.5 Å². The van der Waals surface area contributed by atoms with Gasteiger partial charge in [0.15, 0.2) is 5.65 Å². The average Bonchev–Trinajstić information content (AvgIpc) is 3.06. The first-order valence-electron chi connectivity index (χ1n) is 7.28. The van der Waals surface area contributed by atoms with Crippen LogP contribution in [0.25, 0.3) is 11.0 Å². The van der Waals surface area contributed by atoms with E-state index in [2.05, 4.69) is 28.4 Å². The van der Waals surface area contributed by atoms with Gasteiger partial charge in [-0.3, -0.25) is 4.68 Å². The number of ether oxygens (including phenoxy) is 1. The predicted molar refractivity (Wildman–Crippen MR) is 78.5 cm³/mol. The van der Waals surface area contributed by atoms with Crippen LogP contribution >= 0.6 is 0 Å². The zero-order chi connectivity index (χ0) is 14.1. The van der Waals surface area contributed by atoms with Gasteiger partial charge in [0.1, 0.15) is 0 Å². The van der Waals surface area contributed by atoms with E-state index in [1.54, 1.807) is 0 Å². The largest absolute Gasteiger partial charge is 0.377 e. The molecule has 0 radical (unpaired) electrons. The lowest BCUT2D eigenvalue weighted by molar-refractivity contribution is 0.0832. The zero-order valence-electron chi connectivity index (χ0n) is 12.4. The Morgan fingerprint density at radius 1 is 1.55 bits per heavy atom. The standard InChI is InChI=1S/C15H22N4O/c1-10-13-7-12(9-17-15(13)19(3)18-10)8-16-11(2)14-5-4-6-20-14/h7,9,11,14,16H,4-6,8H2,1-3H3. The summed E-state index contributed by atoms with van der Waals surface area (Å²) in [5.74, 6) is 0. The molecule has 5 nitrogen and oxygen atoms in total. The Morgan fingerprint density at radius 3 is 3.15 bits per heavy atom. The molecule has 2 unspecified atom stereocenters. The maximum Gasteiger partial charge on any atom is 0.157 e. The van der Waals surface area contributed by atoms with E-state index < -0.39 is 0 Å². The van der Waals surface area contributed by atoms with Crippen molar-refractivity contribution in [2.75, 3.05) is 6.61 Å². The van der Waals surface area contributed by atoms with Crippen LogP contribution in [0.4, 0.5) is 0 Å². The van der Waals surface area contributed by atoms with Gasteiger partial charge in [0.2, 0.25) is 0 Å². The molecule has 5 heteroatoms. The van der Waals surface area contributed by atoms with Crippen LogP contribution in [0.2, 0.25) is 0 Å². The Kier molecular flexibility index (Phi) is 3.72. The van der Waals surface area contributed by atoms with Crippen molar-refractivity contribution >= 4 is 11.0 Å². The molecule has 1 fully saturated rings. The monoisotopic (exact) mass is 274 g/mol. The number of hydrogen-bond acceptors (Lipinski definition) is 4. The number of nitrogens with zero attached hydrogens (tertiary/aromatic N) is 3. The summed E-state index contributed by atoms with van der Waals surface area (Å²) in [7, 11) is 1.93. The van der Waals surface area contributed by atoms with Gasteiger partial charge in [0.25, 0.3) is 0 Å². The Morgan fingerprint density at radius 2 is 2.40 bits per heavy atom. The number of rotatable bonds is 4. The maximum absolute atomic E-state index is 5.70. The lowest BCUT2D eigenvalue weighted by atomic mass is 10.1. The molecule has 1 aliphatic rings. The second-order valence-electron chi connectivity index (χ2n) is 5.64. The fraction of sp³-hybridized carbons (Fsp3) is 0.600. The second kappa shape index (κ2) is 5.50. The molecule has 1 N–H and O–H groups in total. The first-order chi connectivity index (χ1) is 9.65. The minimum absolute atomic E-state index is 0.354. The second-order valence-corrected chi connectivity index (χ2v) is 5.64. The van der Waals surface area contributed by atoms with Gasteiger partial charge in [-0.15, -0.1) is 0 Å². The normalized spacial score (nSPS) is 20.6. The minimum atomic E-state index is 0.354. The van der Waals surface area contributed by atoms with Crippen LogP contribution in [0.3, 0.4) is 0 Å². The van der Waals surface area contributed by atoms with Crippen LogP contribution in [0.15, 0.2) is 12.3 Å². The van der Waals surface area contributed by atoms with E-state index >= 15 is 0 Å². The summed E-state index contributed by atoms with van der Waals surface area (Å²) >= 11 is 0. The van der Waals surface area contributed by atoms with Crippen LogP contribution in [0, 0.1) is 6.92 Å². The van der Waals surface area contributed by atoms with E-state index in [1.807, 2.05) is 24.9 Å². The van der Waals surface area contributed by atoms with Gasteiger partial charge in [-0.2, -0.15) is 5.10 Å². The summed E-state index contributed by atoms with van der Waals surface area (Å²) in [6, 6.07) is 2.56. The predicted octanol–water partition coefficient (Wildman–Crippen LogP) is 1.93. The zero-order valence-corrected chi connectivity index (χ0v) is 12.4. The smallest absolute Gasteiger partial charge is 0.157 e. The molecule has 1 aliphatic heterocycles. The molecule has 2 aromatic rings. The van der Waals surface area contributed by atoms with E-state index in [9.17, 15) is 0 Å². The number of fused-ring (bicyclic) bond motifs is 1. The van der Waals surface area contributed by atoms with Gasteiger partial charge in [-0.1, -0.05) is 0 Å². The van der Waals surface area contributed by atoms with Crippen LogP contribution in [-0.2, 0) is 18.3 Å². The lowest BCUT2D eigenvalue weighted by Crippen LogP contribution is -2.36. The quantitative estimate of drug-likeness (QED) is 0.925. The average molecular weight is 274 g/mol. The van der Waals surface area contributed by atoms with Crippen molar-refractivity contribution in [3.8, 4) is 0 Å². The Balaban J connectivity index is 1.69. The third-order valence-electron chi connectivity index (χ3n) is 4.07. The molecule has 2 aromatic heterocycles. The summed E-state index contributed by atoms with van der Waals surface area (Å²) in [5.41, 5.74) is 3.17. The van der Waals surface area contributed by atoms with Crippen molar-refractivity contribution in [1.82, 2.24) is 20.1 Å². The van der Waals surface area contributed by atoms with Crippen LogP contribution in [-0.4, -0.2) is 33.5 Å². The molecule has 3 rings (SSSR count). The number of hydrogen-bond donors (Lipinski definition) is 1. The molecule has 0 spiro atoms. The molecule has 0 amide bonds. The first kappa shape index (κ1) is 13.5. The number of pyridine rings is 1. The van der Waals surface area contributed by atoms with Crippen LogP contribution < -0.4 is 5.32 Å². The molecular formula is C15H22N4O. The van der Waals surface area contributed by atoms with Crippen molar-refractivity contribution in [1.29, 1.82) is 0 Å². The summed E-state index contributed by atoms with van der Waals surface area (Å²) < 4.78 is 7.53. The molecule has 20 heavy (non-hydrogen) atoms. The van der Waals surface area contributed by atoms with Gasteiger partial charge in [0, 0.05) is 37.8 Å². The van der Waals surface area contributed by atoms with Gasteiger partial charge in [0.05, 0.1) is 11.8 Å². The number of nitrogens with one attached hydrogen (secondary N) is 1. The van der Waals surface area contributed by atoms with E-state index in [1.165, 1.54) is 12.0 Å². The van der Waals surface area contributed by atoms with Gasteiger partial charge in [-0.05, 0) is 38.3 Å². The fourth-order valence-corrected chi connectivity index (χ4v) is 2.86. The Bertz CT molecular complexity index is 601. The summed E-state index contributed by atoms with van der Waals surface area (Å²) in [5, 5.41) is 9.08. The molecule has 2 atom stereocenters. The molecular weight excluding hydrogens is 252 g/mol. The van der Waals surface area contributed by atoms with Crippen LogP contribution in [0.5, 0.6) is 0 Å². The molecule has 1 saturated heterocycles. The molecule has 0 saturated carbocycles. The summed E-state index contributed by atoms with van der Waals surface area (Å²) in [4.78, 5) is 4.51. The van der Waals surface area contributed by atoms with E-state index in [0.29, 0.717) is 12.1 Å². The van der Waals surface area contributed by atoms with E-state index in [4.69, 9.17) is 4.74 Å².